The summed E-state index contributed by atoms with van der Waals surface area (Å²) < 4.78 is 0.240. The first kappa shape index (κ1) is 16.6. The molecule has 0 bridgehead atoms. The minimum atomic E-state index is -0.937. The van der Waals surface area contributed by atoms with Crippen molar-refractivity contribution in [2.45, 2.75) is 0 Å². The fourth-order valence-electron chi connectivity index (χ4n) is 1.97. The van der Waals surface area contributed by atoms with Gasteiger partial charge in [-0.2, -0.15) is 0 Å². The molecule has 1 aromatic carbocycles. The Morgan fingerprint density at radius 2 is 1.65 bits per heavy atom. The predicted molar refractivity (Wildman–Crippen MR) is 79.2 cm³/mol. The van der Waals surface area contributed by atoms with Crippen molar-refractivity contribution in [2.75, 3.05) is 14.1 Å². The maximum atomic E-state index is 12.1. The molecule has 1 saturated heterocycles. The van der Waals surface area contributed by atoms with Gasteiger partial charge < -0.3 is 5.11 Å². The standard InChI is InChI=1S/C13H10BrN3O6/c1-15-11(19)8(12(20)16(2)13(15)21)4-6-3-7(14)5-9(10(6)18)17(22)23/h3-5,18H,1-2H3/p-1. The van der Waals surface area contributed by atoms with E-state index in [4.69, 9.17) is 0 Å². The molecule has 0 saturated carbocycles. The Bertz CT molecular complexity index is 762. The van der Waals surface area contributed by atoms with Crippen LogP contribution in [0.3, 0.4) is 0 Å². The molecule has 0 unspecified atom stereocenters. The van der Waals surface area contributed by atoms with Crippen LogP contribution >= 0.6 is 15.9 Å². The molecule has 0 aromatic heterocycles. The quantitative estimate of drug-likeness (QED) is 0.323. The van der Waals surface area contributed by atoms with Crippen LogP contribution in [-0.4, -0.2) is 46.7 Å². The van der Waals surface area contributed by atoms with Gasteiger partial charge in [0.05, 0.1) is 4.92 Å². The number of imide groups is 2. The van der Waals surface area contributed by atoms with Gasteiger partial charge in [0, 0.05) is 24.6 Å². The Morgan fingerprint density at radius 3 is 2.13 bits per heavy atom. The smallest absolute Gasteiger partial charge is 0.333 e. The van der Waals surface area contributed by atoms with Gasteiger partial charge in [-0.15, -0.1) is 0 Å². The Morgan fingerprint density at radius 1 is 1.13 bits per heavy atom. The molecule has 1 fully saturated rings. The summed E-state index contributed by atoms with van der Waals surface area (Å²) in [6, 6.07) is 1.47. The fraction of sp³-hybridized carbons (Fsp3) is 0.154. The highest BCUT2D eigenvalue weighted by Crippen LogP contribution is 2.33. The molecule has 4 amide bonds. The van der Waals surface area contributed by atoms with Crippen molar-refractivity contribution in [3.8, 4) is 5.75 Å². The van der Waals surface area contributed by atoms with Crippen molar-refractivity contribution < 1.29 is 24.4 Å². The van der Waals surface area contributed by atoms with E-state index in [0.717, 1.165) is 12.1 Å². The van der Waals surface area contributed by atoms with Crippen LogP contribution in [0.15, 0.2) is 22.2 Å². The summed E-state index contributed by atoms with van der Waals surface area (Å²) in [6.45, 7) is 0. The molecule has 1 aliphatic heterocycles. The van der Waals surface area contributed by atoms with Crippen molar-refractivity contribution in [2.24, 2.45) is 0 Å². The molecule has 0 N–H and O–H groups in total. The van der Waals surface area contributed by atoms with Crippen molar-refractivity contribution in [3.63, 3.8) is 0 Å². The summed E-state index contributed by atoms with van der Waals surface area (Å²) in [5.74, 6) is -2.71. The SMILES string of the molecule is CN1C(=O)C(=Cc2cc(Br)cc([N+](=O)[O-])c2[O-])C(=O)N(C)C1=O. The third-order valence-electron chi connectivity index (χ3n) is 3.20. The third-order valence-corrected chi connectivity index (χ3v) is 3.66. The van der Waals surface area contributed by atoms with Crippen LogP contribution in [0.5, 0.6) is 5.75 Å². The van der Waals surface area contributed by atoms with Gasteiger partial charge in [-0.25, -0.2) is 4.79 Å². The molecule has 1 aliphatic rings. The van der Waals surface area contributed by atoms with E-state index in [1.165, 1.54) is 20.2 Å². The van der Waals surface area contributed by atoms with E-state index in [-0.39, 0.29) is 10.0 Å². The van der Waals surface area contributed by atoms with Crippen LogP contribution in [0, 0.1) is 10.1 Å². The number of nitro groups is 1. The number of hydrogen-bond acceptors (Lipinski definition) is 6. The number of hydrogen-bond donors (Lipinski definition) is 0. The average molecular weight is 383 g/mol. The number of carbonyl (C=O) groups is 3. The van der Waals surface area contributed by atoms with Gasteiger partial charge in [0.25, 0.3) is 17.5 Å². The zero-order chi connectivity index (χ0) is 17.5. The molecule has 0 spiro atoms. The van der Waals surface area contributed by atoms with E-state index >= 15 is 0 Å². The van der Waals surface area contributed by atoms with Gasteiger partial charge in [-0.05, 0) is 23.5 Å². The Labute approximate surface area is 138 Å². The molecule has 23 heavy (non-hydrogen) atoms. The van der Waals surface area contributed by atoms with E-state index < -0.39 is 39.8 Å². The number of benzene rings is 1. The van der Waals surface area contributed by atoms with Crippen molar-refractivity contribution in [1.82, 2.24) is 9.80 Å². The van der Waals surface area contributed by atoms with Gasteiger partial charge in [-0.1, -0.05) is 15.9 Å². The normalized spacial score (nSPS) is 15.3. The van der Waals surface area contributed by atoms with Crippen molar-refractivity contribution in [1.29, 1.82) is 0 Å². The zero-order valence-corrected chi connectivity index (χ0v) is 13.5. The number of carbonyl (C=O) groups excluding carboxylic acids is 3. The lowest BCUT2D eigenvalue weighted by molar-refractivity contribution is -0.398. The van der Waals surface area contributed by atoms with E-state index in [1.54, 1.807) is 0 Å². The van der Waals surface area contributed by atoms with Crippen LogP contribution in [0.4, 0.5) is 10.5 Å². The maximum Gasteiger partial charge on any atom is 0.333 e. The van der Waals surface area contributed by atoms with Gasteiger partial charge in [0.2, 0.25) is 0 Å². The zero-order valence-electron chi connectivity index (χ0n) is 11.9. The maximum absolute atomic E-state index is 12.1. The molecular formula is C13H9BrN3O6-. The second-order valence-electron chi connectivity index (χ2n) is 4.67. The number of nitrogens with zero attached hydrogens (tertiary/aromatic N) is 3. The largest absolute Gasteiger partial charge is 0.867 e. The number of halogens is 1. The van der Waals surface area contributed by atoms with Gasteiger partial charge in [0.15, 0.2) is 0 Å². The van der Waals surface area contributed by atoms with Crippen molar-refractivity contribution >= 4 is 45.5 Å². The second-order valence-corrected chi connectivity index (χ2v) is 5.58. The van der Waals surface area contributed by atoms with Crippen LogP contribution in [-0.2, 0) is 9.59 Å². The number of rotatable bonds is 2. The molecule has 120 valence electrons. The summed E-state index contributed by atoms with van der Waals surface area (Å²) in [7, 11) is 2.37. The molecule has 0 atom stereocenters. The first-order valence-electron chi connectivity index (χ1n) is 6.12. The highest BCUT2D eigenvalue weighted by molar-refractivity contribution is 9.10. The van der Waals surface area contributed by atoms with Crippen LogP contribution in [0.2, 0.25) is 0 Å². The van der Waals surface area contributed by atoms with Crippen LogP contribution in [0.1, 0.15) is 5.56 Å². The Hall–Kier alpha value is -2.75. The molecule has 1 heterocycles. The average Bonchev–Trinajstić information content (AvgIpc) is 2.50. The molecular weight excluding hydrogens is 374 g/mol. The molecule has 0 aliphatic carbocycles. The van der Waals surface area contributed by atoms with E-state index in [2.05, 4.69) is 15.9 Å². The summed E-state index contributed by atoms with van der Waals surface area (Å²) in [6.07, 6.45) is 0.949. The molecule has 9 nitrogen and oxygen atoms in total. The van der Waals surface area contributed by atoms with E-state index in [1.807, 2.05) is 0 Å². The first-order chi connectivity index (χ1) is 10.6. The Balaban J connectivity index is 2.62. The third kappa shape index (κ3) is 2.80. The molecule has 0 radical (unpaired) electrons. The second kappa shape index (κ2) is 5.80. The van der Waals surface area contributed by atoms with E-state index in [0.29, 0.717) is 9.80 Å². The van der Waals surface area contributed by atoms with Crippen molar-refractivity contribution in [3.05, 3.63) is 37.9 Å². The molecule has 1 aromatic rings. The summed E-state index contributed by atoms with van der Waals surface area (Å²) >= 11 is 3.03. The summed E-state index contributed by atoms with van der Waals surface area (Å²) in [5, 5.41) is 22.9. The number of amides is 4. The monoisotopic (exact) mass is 382 g/mol. The Kier molecular flexibility index (Phi) is 4.19. The highest BCUT2D eigenvalue weighted by atomic mass is 79.9. The molecule has 10 heteroatoms. The van der Waals surface area contributed by atoms with Crippen LogP contribution < -0.4 is 5.11 Å². The van der Waals surface area contributed by atoms with Crippen LogP contribution in [0.25, 0.3) is 6.08 Å². The lowest BCUT2D eigenvalue weighted by atomic mass is 10.1. The lowest BCUT2D eigenvalue weighted by Gasteiger charge is -2.29. The fourth-order valence-corrected chi connectivity index (χ4v) is 2.44. The predicted octanol–water partition coefficient (Wildman–Crippen LogP) is 0.865. The van der Waals surface area contributed by atoms with E-state index in [9.17, 15) is 29.6 Å². The number of barbiturate groups is 1. The minimum absolute atomic E-state index is 0.209. The number of nitro benzene ring substituents is 1. The topological polar surface area (TPSA) is 124 Å². The number of likely N-dealkylation sites (N-methyl/N-ethyl adjacent to an activating group) is 2. The van der Waals surface area contributed by atoms with Gasteiger partial charge in [0.1, 0.15) is 5.57 Å². The lowest BCUT2D eigenvalue weighted by Crippen LogP contribution is -2.52. The summed E-state index contributed by atoms with van der Waals surface area (Å²) in [5.41, 5.74) is -1.34. The highest BCUT2D eigenvalue weighted by Gasteiger charge is 2.37. The molecule has 2 rings (SSSR count). The first-order valence-corrected chi connectivity index (χ1v) is 6.91. The summed E-state index contributed by atoms with van der Waals surface area (Å²) in [4.78, 5) is 47.2. The van der Waals surface area contributed by atoms with Gasteiger partial charge in [-0.3, -0.25) is 29.5 Å². The number of urea groups is 1. The van der Waals surface area contributed by atoms with Gasteiger partial charge >= 0.3 is 6.03 Å². The minimum Gasteiger partial charge on any atom is -0.867 e.